The quantitative estimate of drug-likeness (QED) is 0.417. The minimum atomic E-state index is -0.905. The van der Waals surface area contributed by atoms with E-state index in [0.29, 0.717) is 23.3 Å². The Morgan fingerprint density at radius 2 is 1.43 bits per heavy atom. The maximum Gasteiger partial charge on any atom is 0.227 e. The Bertz CT molecular complexity index is 1420. The Morgan fingerprint density at radius 1 is 0.810 bits per heavy atom. The Kier molecular flexibility index (Phi) is 9.25. The van der Waals surface area contributed by atoms with E-state index in [-0.39, 0.29) is 11.5 Å². The van der Waals surface area contributed by atoms with E-state index in [1.54, 1.807) is 7.11 Å². The van der Waals surface area contributed by atoms with Gasteiger partial charge in [0.05, 0.1) is 32.6 Å². The van der Waals surface area contributed by atoms with E-state index in [9.17, 15) is 8.78 Å². The average molecular weight is 579 g/mol. The smallest absolute Gasteiger partial charge is 0.227 e. The van der Waals surface area contributed by atoms with Gasteiger partial charge >= 0.3 is 0 Å². The molecule has 1 aromatic heterocycles. The van der Waals surface area contributed by atoms with Gasteiger partial charge in [-0.15, -0.1) is 0 Å². The van der Waals surface area contributed by atoms with Gasteiger partial charge in [-0.2, -0.15) is 0 Å². The molecule has 0 spiro atoms. The van der Waals surface area contributed by atoms with Crippen molar-refractivity contribution in [3.63, 3.8) is 0 Å². The van der Waals surface area contributed by atoms with Crippen molar-refractivity contribution in [2.45, 2.75) is 18.9 Å². The van der Waals surface area contributed by atoms with Gasteiger partial charge in [0.1, 0.15) is 11.3 Å². The van der Waals surface area contributed by atoms with E-state index in [1.807, 2.05) is 12.1 Å². The zero-order chi connectivity index (χ0) is 29.6. The first kappa shape index (κ1) is 29.4. The van der Waals surface area contributed by atoms with E-state index < -0.39 is 17.2 Å². The average Bonchev–Trinajstić information content (AvgIpc) is 3.02. The molecule has 42 heavy (non-hydrogen) atoms. The molecule has 0 amide bonds. The van der Waals surface area contributed by atoms with Crippen LogP contribution in [0.25, 0.3) is 0 Å². The van der Waals surface area contributed by atoms with Crippen LogP contribution in [0.3, 0.4) is 0 Å². The molecule has 0 bridgehead atoms. The molecule has 0 saturated carbocycles. The topological polar surface area (TPSA) is 75.2 Å². The number of rotatable bonds is 7. The van der Waals surface area contributed by atoms with Gasteiger partial charge < -0.3 is 29.3 Å². The summed E-state index contributed by atoms with van der Waals surface area (Å²) in [6.45, 7) is 6.61. The van der Waals surface area contributed by atoms with Crippen molar-refractivity contribution in [1.82, 2.24) is 19.8 Å². The lowest BCUT2D eigenvalue weighted by atomic mass is 10.0. The van der Waals surface area contributed by atoms with Crippen LogP contribution in [0.5, 0.6) is 17.2 Å². The highest BCUT2D eigenvalue weighted by Crippen LogP contribution is 2.33. The maximum absolute atomic E-state index is 14.6. The molecule has 11 heteroatoms. The van der Waals surface area contributed by atoms with Gasteiger partial charge in [0.15, 0.2) is 23.1 Å². The summed E-state index contributed by atoms with van der Waals surface area (Å²) in [7, 11) is 6.40. The number of methoxy groups -OCH3 is 3. The maximum atomic E-state index is 14.6. The molecule has 222 valence electrons. The van der Waals surface area contributed by atoms with E-state index in [2.05, 4.69) is 54.9 Å². The second-order valence-electron chi connectivity index (χ2n) is 10.4. The molecule has 2 aliphatic rings. The van der Waals surface area contributed by atoms with Crippen LogP contribution >= 0.6 is 0 Å². The molecular weight excluding hydrogens is 542 g/mol. The molecule has 3 heterocycles. The van der Waals surface area contributed by atoms with Crippen molar-refractivity contribution in [3.8, 4) is 29.1 Å². The van der Waals surface area contributed by atoms with E-state index >= 15 is 0 Å². The van der Waals surface area contributed by atoms with Crippen LogP contribution in [0.2, 0.25) is 0 Å². The Balaban J connectivity index is 1.23. The molecule has 5 rings (SSSR count). The SMILES string of the molecule is COc1cc(N2CCC(N3CCN(C)CC3)CC2)ccc1Nc1ncc(C#Cc2c(F)c(OC)cc(OC)c2F)cn1. The number of nitrogens with one attached hydrogen (secondary N) is 1. The summed E-state index contributed by atoms with van der Waals surface area (Å²) in [5, 5.41) is 3.18. The van der Waals surface area contributed by atoms with E-state index in [4.69, 9.17) is 14.2 Å². The lowest BCUT2D eigenvalue weighted by molar-refractivity contribution is 0.0982. The summed E-state index contributed by atoms with van der Waals surface area (Å²) in [5.41, 5.74) is 1.76. The first-order chi connectivity index (χ1) is 20.4. The van der Waals surface area contributed by atoms with Gasteiger partial charge in [0.25, 0.3) is 0 Å². The van der Waals surface area contributed by atoms with Gasteiger partial charge in [0, 0.05) is 75.5 Å². The predicted octanol–water partition coefficient (Wildman–Crippen LogP) is 4.14. The number of nitrogens with zero attached hydrogens (tertiary/aromatic N) is 5. The number of hydrogen-bond acceptors (Lipinski definition) is 9. The van der Waals surface area contributed by atoms with Crippen molar-refractivity contribution >= 4 is 17.3 Å². The third-order valence-corrected chi connectivity index (χ3v) is 7.87. The lowest BCUT2D eigenvalue weighted by Gasteiger charge is -2.42. The Morgan fingerprint density at radius 3 is 2.02 bits per heavy atom. The van der Waals surface area contributed by atoms with Gasteiger partial charge in [0.2, 0.25) is 5.95 Å². The van der Waals surface area contributed by atoms with Crippen molar-refractivity contribution in [1.29, 1.82) is 0 Å². The zero-order valence-corrected chi connectivity index (χ0v) is 24.4. The van der Waals surface area contributed by atoms with Crippen molar-refractivity contribution in [3.05, 3.63) is 59.4 Å². The molecular formula is C31H36F2N6O3. The number of likely N-dealkylation sites (N-methyl/N-ethyl adjacent to an activating group) is 1. The van der Waals surface area contributed by atoms with Gasteiger partial charge in [-0.25, -0.2) is 18.7 Å². The summed E-state index contributed by atoms with van der Waals surface area (Å²) in [5.74, 6) is 4.08. The van der Waals surface area contributed by atoms with Crippen molar-refractivity contribution in [2.75, 3.05) is 77.9 Å². The van der Waals surface area contributed by atoms with Crippen molar-refractivity contribution in [2.24, 2.45) is 0 Å². The van der Waals surface area contributed by atoms with Gasteiger partial charge in [-0.3, -0.25) is 4.90 Å². The van der Waals surface area contributed by atoms with Crippen LogP contribution in [0.15, 0.2) is 36.7 Å². The third-order valence-electron chi connectivity index (χ3n) is 7.87. The first-order valence-corrected chi connectivity index (χ1v) is 14.0. The lowest BCUT2D eigenvalue weighted by Crippen LogP contribution is -2.52. The Labute approximate surface area is 245 Å². The summed E-state index contributed by atoms with van der Waals surface area (Å²) < 4.78 is 44.8. The third kappa shape index (κ3) is 6.50. The van der Waals surface area contributed by atoms with Crippen LogP contribution in [0.4, 0.5) is 26.1 Å². The number of piperidine rings is 1. The normalized spacial score (nSPS) is 16.5. The summed E-state index contributed by atoms with van der Waals surface area (Å²) in [6.07, 6.45) is 5.25. The number of hydrogen-bond donors (Lipinski definition) is 1. The second-order valence-corrected chi connectivity index (χ2v) is 10.4. The van der Waals surface area contributed by atoms with Crippen molar-refractivity contribution < 1.29 is 23.0 Å². The van der Waals surface area contributed by atoms with Crippen LogP contribution in [0, 0.1) is 23.5 Å². The highest BCUT2D eigenvalue weighted by molar-refractivity contribution is 5.68. The molecule has 0 unspecified atom stereocenters. The molecule has 0 radical (unpaired) electrons. The number of piperazine rings is 1. The molecule has 1 N–H and O–H groups in total. The van der Waals surface area contributed by atoms with Crippen LogP contribution in [0.1, 0.15) is 24.0 Å². The van der Waals surface area contributed by atoms with Gasteiger partial charge in [-0.1, -0.05) is 11.8 Å². The van der Waals surface area contributed by atoms with E-state index in [0.717, 1.165) is 69.6 Å². The highest BCUT2D eigenvalue weighted by Gasteiger charge is 2.27. The predicted molar refractivity (Wildman–Crippen MR) is 158 cm³/mol. The van der Waals surface area contributed by atoms with E-state index in [1.165, 1.54) is 26.6 Å². The first-order valence-electron chi connectivity index (χ1n) is 14.0. The monoisotopic (exact) mass is 578 g/mol. The fraction of sp³-hybridized carbons (Fsp3) is 0.419. The summed E-state index contributed by atoms with van der Waals surface area (Å²) in [6, 6.07) is 7.85. The molecule has 2 aliphatic heterocycles. The second kappa shape index (κ2) is 13.2. The fourth-order valence-electron chi connectivity index (χ4n) is 5.36. The standard InChI is InChI=1S/C31H36F2N6O3/c1-37-13-15-39(16-14-37)22-9-11-38(12-10-22)23-6-8-25(26(17-23)40-2)36-31-34-19-21(20-35-31)5-7-24-29(32)27(41-3)18-28(42-4)30(24)33/h6,8,17-20,22H,9-16H2,1-4H3,(H,34,35,36). The minimum Gasteiger partial charge on any atom is -0.494 e. The van der Waals surface area contributed by atoms with Crippen LogP contribution in [-0.2, 0) is 0 Å². The van der Waals surface area contributed by atoms with Crippen LogP contribution < -0.4 is 24.4 Å². The largest absolute Gasteiger partial charge is 0.494 e. The molecule has 0 atom stereocenters. The van der Waals surface area contributed by atoms with Gasteiger partial charge in [-0.05, 0) is 32.0 Å². The molecule has 2 fully saturated rings. The number of halogens is 2. The molecule has 9 nitrogen and oxygen atoms in total. The number of anilines is 3. The molecule has 3 aromatic rings. The van der Waals surface area contributed by atoms with Crippen LogP contribution in [-0.4, -0.2) is 93.5 Å². The number of ether oxygens (including phenoxy) is 3. The summed E-state index contributed by atoms with van der Waals surface area (Å²) in [4.78, 5) is 16.1. The molecule has 2 saturated heterocycles. The Hall–Kier alpha value is -4.14. The highest BCUT2D eigenvalue weighted by atomic mass is 19.1. The number of benzene rings is 2. The number of aromatic nitrogens is 2. The minimum absolute atomic E-state index is 0.163. The molecule has 2 aromatic carbocycles. The molecule has 0 aliphatic carbocycles. The fourth-order valence-corrected chi connectivity index (χ4v) is 5.36. The zero-order valence-electron chi connectivity index (χ0n) is 24.4. The summed E-state index contributed by atoms with van der Waals surface area (Å²) >= 11 is 0.